The van der Waals surface area contributed by atoms with E-state index < -0.39 is 0 Å². The van der Waals surface area contributed by atoms with Gasteiger partial charge in [0, 0.05) is 11.5 Å². The first-order chi connectivity index (χ1) is 18.0. The first kappa shape index (κ1) is 22.8. The smallest absolute Gasteiger partial charge is 0.0882 e. The largest absolute Gasteiger partial charge is 0.297 e. The third kappa shape index (κ3) is 3.35. The molecule has 7 rings (SSSR count). The molecule has 0 N–H and O–H groups in total. The Bertz CT molecular complexity index is 1580. The number of rotatable bonds is 4. The molecule has 0 amide bonds. The zero-order valence-corrected chi connectivity index (χ0v) is 23.1. The van der Waals surface area contributed by atoms with E-state index in [1.54, 1.807) is 0 Å². The lowest BCUT2D eigenvalue weighted by atomic mass is 9.87. The predicted molar refractivity (Wildman–Crippen MR) is 160 cm³/mol. The lowest BCUT2D eigenvalue weighted by molar-refractivity contribution is 0.727. The van der Waals surface area contributed by atoms with Gasteiger partial charge in [-0.05, 0) is 107 Å². The van der Waals surface area contributed by atoms with Crippen molar-refractivity contribution in [2.24, 2.45) is 0 Å². The van der Waals surface area contributed by atoms with Crippen molar-refractivity contribution in [2.45, 2.75) is 45.6 Å². The molecule has 2 heteroatoms. The number of nitrogens with zero attached hydrogens (tertiary/aromatic N) is 1. The van der Waals surface area contributed by atoms with Crippen LogP contribution in [-0.2, 0) is 6.42 Å². The quantitative estimate of drug-likeness (QED) is 0.231. The van der Waals surface area contributed by atoms with Crippen LogP contribution in [0.1, 0.15) is 59.6 Å². The molecule has 1 nitrogen and oxygen atoms in total. The van der Waals surface area contributed by atoms with E-state index in [9.17, 15) is 0 Å². The fourth-order valence-corrected chi connectivity index (χ4v) is 7.71. The predicted octanol–water partition coefficient (Wildman–Crippen LogP) is 9.50. The van der Waals surface area contributed by atoms with Crippen LogP contribution in [0.25, 0.3) is 22.3 Å². The van der Waals surface area contributed by atoms with Crippen LogP contribution in [0.15, 0.2) is 102 Å². The molecular formula is C35H30BrN. The van der Waals surface area contributed by atoms with Crippen molar-refractivity contribution < 1.29 is 0 Å². The van der Waals surface area contributed by atoms with Crippen LogP contribution in [0.5, 0.6) is 0 Å². The molecule has 4 aromatic rings. The molecule has 2 aliphatic carbocycles. The molecule has 0 fully saturated rings. The molecule has 0 aromatic heterocycles. The summed E-state index contributed by atoms with van der Waals surface area (Å²) < 4.78 is 2.31. The fraction of sp³-hybridized carbons (Fsp3) is 0.200. The maximum absolute atomic E-state index is 3.96. The molecule has 0 saturated heterocycles. The van der Waals surface area contributed by atoms with E-state index in [1.807, 2.05) is 0 Å². The highest BCUT2D eigenvalue weighted by atomic mass is 79.9. The van der Waals surface area contributed by atoms with E-state index in [0.717, 1.165) is 12.8 Å². The molecule has 0 saturated carbocycles. The van der Waals surface area contributed by atoms with Gasteiger partial charge in [-0.1, -0.05) is 78.9 Å². The van der Waals surface area contributed by atoms with Gasteiger partial charge in [-0.25, -0.2) is 0 Å². The number of anilines is 1. The van der Waals surface area contributed by atoms with E-state index in [0.29, 0.717) is 5.92 Å². The van der Waals surface area contributed by atoms with Crippen LogP contribution < -0.4 is 3.93 Å². The second-order valence-electron chi connectivity index (χ2n) is 10.7. The molecule has 0 spiro atoms. The zero-order valence-electron chi connectivity index (χ0n) is 21.6. The lowest BCUT2D eigenvalue weighted by Gasteiger charge is -2.20. The van der Waals surface area contributed by atoms with E-state index in [4.69, 9.17) is 0 Å². The summed E-state index contributed by atoms with van der Waals surface area (Å²) in [7, 11) is 0. The Labute approximate surface area is 228 Å². The molecule has 1 atom stereocenters. The number of allylic oxidation sites excluding steroid dienone is 2. The first-order valence-electron chi connectivity index (χ1n) is 13.3. The molecular weight excluding hydrogens is 514 g/mol. The summed E-state index contributed by atoms with van der Waals surface area (Å²) in [4.78, 5) is 0. The second-order valence-corrected chi connectivity index (χ2v) is 11.5. The van der Waals surface area contributed by atoms with Crippen molar-refractivity contribution in [1.82, 2.24) is 0 Å². The van der Waals surface area contributed by atoms with Crippen molar-refractivity contribution >= 4 is 33.0 Å². The van der Waals surface area contributed by atoms with E-state index >= 15 is 0 Å². The van der Waals surface area contributed by atoms with E-state index in [-0.39, 0.29) is 6.04 Å². The summed E-state index contributed by atoms with van der Waals surface area (Å²) in [6.07, 6.45) is 2.19. The van der Waals surface area contributed by atoms with Crippen LogP contribution in [0.3, 0.4) is 0 Å². The Morgan fingerprint density at radius 3 is 2.03 bits per heavy atom. The molecule has 1 aliphatic heterocycles. The van der Waals surface area contributed by atoms with Crippen molar-refractivity contribution in [1.29, 1.82) is 0 Å². The van der Waals surface area contributed by atoms with Crippen molar-refractivity contribution in [3.8, 4) is 11.1 Å². The van der Waals surface area contributed by atoms with Gasteiger partial charge in [0.15, 0.2) is 0 Å². The highest BCUT2D eigenvalue weighted by molar-refractivity contribution is 9.10. The second kappa shape index (κ2) is 8.60. The Hall–Kier alpha value is -3.36. The number of benzene rings is 4. The van der Waals surface area contributed by atoms with Gasteiger partial charge in [0.1, 0.15) is 0 Å². The van der Waals surface area contributed by atoms with E-state index in [2.05, 4.69) is 132 Å². The highest BCUT2D eigenvalue weighted by Gasteiger charge is 2.41. The monoisotopic (exact) mass is 543 g/mol. The molecule has 1 unspecified atom stereocenters. The van der Waals surface area contributed by atoms with Crippen LogP contribution >= 0.6 is 16.1 Å². The standard InChI is InChI=1S/C35H30BrN/c1-21-19-32-31(34-33(24-11-5-4-6-12-24)22(2)23(3)35(34)37(32)36)20-25(21)17-18-30-28-15-9-7-13-26(28)27-14-8-10-16-29(27)30/h4-16,19-20,30,35H,17-18H2,1-3H3. The van der Waals surface area contributed by atoms with Gasteiger partial charge in [-0.2, -0.15) is 0 Å². The number of hydrogen-bond donors (Lipinski definition) is 0. The van der Waals surface area contributed by atoms with E-state index in [1.165, 1.54) is 72.5 Å². The molecule has 37 heavy (non-hydrogen) atoms. The zero-order chi connectivity index (χ0) is 25.3. The Balaban J connectivity index is 1.29. The van der Waals surface area contributed by atoms with Gasteiger partial charge in [0.05, 0.1) is 27.9 Å². The summed E-state index contributed by atoms with van der Waals surface area (Å²) in [6.45, 7) is 6.86. The number of aryl methyl sites for hydroxylation is 2. The number of halogens is 1. The summed E-state index contributed by atoms with van der Waals surface area (Å²) in [5, 5.41) is 0. The van der Waals surface area contributed by atoms with Crippen LogP contribution in [0.4, 0.5) is 5.69 Å². The molecule has 0 bridgehead atoms. The molecule has 182 valence electrons. The minimum absolute atomic E-state index is 0.258. The van der Waals surface area contributed by atoms with Crippen LogP contribution in [0, 0.1) is 6.92 Å². The summed E-state index contributed by atoms with van der Waals surface area (Å²) in [5.41, 5.74) is 18.3. The lowest BCUT2D eigenvalue weighted by Crippen LogP contribution is -2.21. The minimum Gasteiger partial charge on any atom is -0.297 e. The van der Waals surface area contributed by atoms with Gasteiger partial charge in [0.2, 0.25) is 0 Å². The van der Waals surface area contributed by atoms with Crippen LogP contribution in [0.2, 0.25) is 0 Å². The average molecular weight is 545 g/mol. The Morgan fingerprint density at radius 2 is 1.35 bits per heavy atom. The maximum atomic E-state index is 3.96. The Morgan fingerprint density at radius 1 is 0.730 bits per heavy atom. The Kier molecular flexibility index (Phi) is 5.30. The molecule has 4 aromatic carbocycles. The van der Waals surface area contributed by atoms with Gasteiger partial charge in [-0.3, -0.25) is 3.93 Å². The molecule has 1 heterocycles. The van der Waals surface area contributed by atoms with Gasteiger partial charge < -0.3 is 0 Å². The highest BCUT2D eigenvalue weighted by Crippen LogP contribution is 2.55. The van der Waals surface area contributed by atoms with Crippen molar-refractivity contribution in [3.05, 3.63) is 136 Å². The fourth-order valence-electron chi connectivity index (χ4n) is 6.91. The third-order valence-corrected chi connectivity index (χ3v) is 9.64. The normalized spacial score (nSPS) is 17.8. The third-order valence-electron chi connectivity index (χ3n) is 8.85. The molecule has 0 radical (unpaired) electrons. The summed E-state index contributed by atoms with van der Waals surface area (Å²) in [6, 6.07) is 34.0. The summed E-state index contributed by atoms with van der Waals surface area (Å²) in [5.74, 6) is 0.456. The van der Waals surface area contributed by atoms with Gasteiger partial charge >= 0.3 is 0 Å². The van der Waals surface area contributed by atoms with Crippen molar-refractivity contribution in [2.75, 3.05) is 3.93 Å². The first-order valence-corrected chi connectivity index (χ1v) is 14.0. The number of hydrogen-bond acceptors (Lipinski definition) is 1. The SMILES string of the molecule is CC1=C(C)C2C(=C1c1ccccc1)c1cc(CCC3c4ccccc4-c4ccccc43)c(C)cc1N2Br. The maximum Gasteiger partial charge on any atom is 0.0882 e. The van der Waals surface area contributed by atoms with Crippen molar-refractivity contribution in [3.63, 3.8) is 0 Å². The topological polar surface area (TPSA) is 3.24 Å². The van der Waals surface area contributed by atoms with Crippen LogP contribution in [-0.4, -0.2) is 6.04 Å². The molecule has 3 aliphatic rings. The van der Waals surface area contributed by atoms with Gasteiger partial charge in [0.25, 0.3) is 0 Å². The summed E-state index contributed by atoms with van der Waals surface area (Å²) >= 11 is 3.96. The minimum atomic E-state index is 0.258. The number of fused-ring (bicyclic) bond motifs is 6. The van der Waals surface area contributed by atoms with Gasteiger partial charge in [-0.15, -0.1) is 0 Å². The average Bonchev–Trinajstić information content (AvgIpc) is 3.49.